The molecule has 1 amide bonds. The van der Waals surface area contributed by atoms with Gasteiger partial charge in [0.1, 0.15) is 0 Å². The summed E-state index contributed by atoms with van der Waals surface area (Å²) in [6.07, 6.45) is -5.92. The number of carbonyl (C=O) groups excluding carboxylic acids is 3. The first-order valence-corrected chi connectivity index (χ1v) is 9.85. The summed E-state index contributed by atoms with van der Waals surface area (Å²) in [6, 6.07) is 3.80. The van der Waals surface area contributed by atoms with Crippen molar-refractivity contribution in [3.63, 3.8) is 0 Å². The van der Waals surface area contributed by atoms with Crippen molar-refractivity contribution in [1.82, 2.24) is 5.32 Å². The molecule has 166 valence electrons. The van der Waals surface area contributed by atoms with Crippen molar-refractivity contribution in [3.05, 3.63) is 46.0 Å². The molecule has 2 rings (SSSR count). The number of amides is 1. The summed E-state index contributed by atoms with van der Waals surface area (Å²) in [5.41, 5.74) is 0.794. The monoisotopic (exact) mass is 457 g/mol. The lowest BCUT2D eigenvalue weighted by atomic mass is 10.1. The molecule has 0 radical (unpaired) electrons. The number of hydrogen-bond donors (Lipinski definition) is 1. The van der Waals surface area contributed by atoms with E-state index in [1.54, 1.807) is 21.1 Å². The fourth-order valence-corrected chi connectivity index (χ4v) is 3.07. The molecule has 0 fully saturated rings. The zero-order chi connectivity index (χ0) is 23.2. The number of halogens is 3. The Hall–Kier alpha value is -3.10. The van der Waals surface area contributed by atoms with Crippen LogP contribution in [0.4, 0.5) is 13.2 Å². The Bertz CT molecular complexity index is 995. The van der Waals surface area contributed by atoms with Crippen molar-refractivity contribution in [1.29, 1.82) is 0 Å². The number of likely N-dealkylation sites (N-methyl/N-ethyl adjacent to an activating group) is 1. The molecule has 11 heteroatoms. The minimum absolute atomic E-state index is 0.0826. The number of furan rings is 1. The highest BCUT2D eigenvalue weighted by Crippen LogP contribution is 2.17. The summed E-state index contributed by atoms with van der Waals surface area (Å²) < 4.78 is 46.3. The summed E-state index contributed by atoms with van der Waals surface area (Å²) >= 11 is 1.49. The van der Waals surface area contributed by atoms with Crippen molar-refractivity contribution in [2.75, 3.05) is 27.7 Å². The second-order valence-electron chi connectivity index (χ2n) is 7.53. The van der Waals surface area contributed by atoms with Gasteiger partial charge in [-0.3, -0.25) is 9.59 Å². The highest BCUT2D eigenvalue weighted by Gasteiger charge is 2.42. The number of nitrogens with one attached hydrogen (secondary N) is 1. The van der Waals surface area contributed by atoms with Crippen molar-refractivity contribution >= 4 is 29.2 Å². The van der Waals surface area contributed by atoms with Gasteiger partial charge in [-0.1, -0.05) is 5.92 Å². The molecule has 0 unspecified atom stereocenters. The number of rotatable bonds is 6. The van der Waals surface area contributed by atoms with Gasteiger partial charge >= 0.3 is 18.1 Å². The Morgan fingerprint density at radius 2 is 1.90 bits per heavy atom. The van der Waals surface area contributed by atoms with Crippen molar-refractivity contribution in [2.24, 2.45) is 0 Å². The van der Waals surface area contributed by atoms with Gasteiger partial charge in [0.05, 0.1) is 40.2 Å². The predicted molar refractivity (Wildman–Crippen MR) is 105 cm³/mol. The van der Waals surface area contributed by atoms with Crippen LogP contribution in [0.25, 0.3) is 0 Å². The van der Waals surface area contributed by atoms with Crippen LogP contribution in [0.15, 0.2) is 33.4 Å². The van der Waals surface area contributed by atoms with Crippen molar-refractivity contribution < 1.29 is 41.2 Å². The fraction of sp³-hybridized carbons (Fsp3) is 0.350. The standard InChI is InChI=1S/C20H19F3N2O5S/c1-25(2,3)11-14(10-17(26)30-19(28)20(21,22)23)24-18(27)16-7-6-15(29-16)5-4-13-8-9-31-12-13/h6-9,12,14H,10-11H2,1-3H3/p+1/t14-/m1/s1. The lowest BCUT2D eigenvalue weighted by Crippen LogP contribution is -2.50. The average molecular weight is 457 g/mol. The molecule has 0 aliphatic carbocycles. The lowest BCUT2D eigenvalue weighted by molar-refractivity contribution is -0.871. The largest absolute Gasteiger partial charge is 0.491 e. The number of hydrogen-bond acceptors (Lipinski definition) is 6. The summed E-state index contributed by atoms with van der Waals surface area (Å²) in [4.78, 5) is 35.1. The molecule has 2 aromatic heterocycles. The molecule has 0 aromatic carbocycles. The molecule has 0 aliphatic heterocycles. The molecule has 2 aromatic rings. The topological polar surface area (TPSA) is 85.6 Å². The van der Waals surface area contributed by atoms with E-state index >= 15 is 0 Å². The molecule has 0 saturated heterocycles. The number of quaternary nitrogens is 1. The van der Waals surface area contributed by atoms with Gasteiger partial charge in [-0.2, -0.15) is 24.5 Å². The molecular formula is C20H20F3N2O5S+. The Labute approximate surface area is 180 Å². The SMILES string of the molecule is C[N+](C)(C)C[C@@H](CC(=O)OC(=O)C(F)(F)F)NC(=O)c1ccc(C#Cc2ccsc2)o1. The van der Waals surface area contributed by atoms with Gasteiger partial charge in [-0.15, -0.1) is 0 Å². The van der Waals surface area contributed by atoms with E-state index in [1.165, 1.54) is 23.5 Å². The first-order valence-electron chi connectivity index (χ1n) is 8.91. The molecule has 0 saturated carbocycles. The highest BCUT2D eigenvalue weighted by atomic mass is 32.1. The van der Waals surface area contributed by atoms with Gasteiger partial charge < -0.3 is 19.0 Å². The fourth-order valence-electron chi connectivity index (χ4n) is 2.48. The van der Waals surface area contributed by atoms with Crippen LogP contribution in [0.5, 0.6) is 0 Å². The quantitative estimate of drug-likeness (QED) is 0.312. The third kappa shape index (κ3) is 8.27. The first-order chi connectivity index (χ1) is 14.3. The predicted octanol–water partition coefficient (Wildman–Crippen LogP) is 2.57. The van der Waals surface area contributed by atoms with Gasteiger partial charge in [0.25, 0.3) is 5.91 Å². The molecular weight excluding hydrogens is 437 g/mol. The van der Waals surface area contributed by atoms with E-state index in [0.717, 1.165) is 5.56 Å². The number of nitrogens with zero attached hydrogens (tertiary/aromatic N) is 1. The van der Waals surface area contributed by atoms with E-state index in [-0.39, 0.29) is 22.5 Å². The van der Waals surface area contributed by atoms with Crippen LogP contribution in [0, 0.1) is 11.8 Å². The number of carbonyl (C=O) groups is 3. The van der Waals surface area contributed by atoms with Gasteiger partial charge in [-0.25, -0.2) is 4.79 Å². The van der Waals surface area contributed by atoms with E-state index < -0.39 is 36.5 Å². The maximum atomic E-state index is 12.5. The van der Waals surface area contributed by atoms with Crippen LogP contribution < -0.4 is 5.32 Å². The number of thiophene rings is 1. The van der Waals surface area contributed by atoms with E-state index in [1.807, 2.05) is 16.8 Å². The Morgan fingerprint density at radius 3 is 2.48 bits per heavy atom. The first kappa shape index (κ1) is 24.2. The van der Waals surface area contributed by atoms with Gasteiger partial charge in [0.2, 0.25) is 0 Å². The van der Waals surface area contributed by atoms with Crippen molar-refractivity contribution in [3.8, 4) is 11.8 Å². The van der Waals surface area contributed by atoms with Crippen LogP contribution in [-0.2, 0) is 14.3 Å². The van der Waals surface area contributed by atoms with Crippen LogP contribution in [0.3, 0.4) is 0 Å². The lowest BCUT2D eigenvalue weighted by Gasteiger charge is -2.29. The van der Waals surface area contributed by atoms with Gasteiger partial charge in [-0.05, 0) is 29.5 Å². The van der Waals surface area contributed by atoms with E-state index in [0.29, 0.717) is 0 Å². The Kier molecular flexibility index (Phi) is 7.65. The molecule has 7 nitrogen and oxygen atoms in total. The molecule has 0 aliphatic rings. The third-order valence-corrected chi connectivity index (χ3v) is 4.32. The van der Waals surface area contributed by atoms with Crippen LogP contribution in [0.2, 0.25) is 0 Å². The number of esters is 2. The van der Waals surface area contributed by atoms with Crippen LogP contribution in [-0.4, -0.2) is 62.2 Å². The second-order valence-corrected chi connectivity index (χ2v) is 8.31. The molecule has 1 N–H and O–H groups in total. The van der Waals surface area contributed by atoms with Crippen LogP contribution >= 0.6 is 11.3 Å². The van der Waals surface area contributed by atoms with E-state index in [2.05, 4.69) is 21.9 Å². The summed E-state index contributed by atoms with van der Waals surface area (Å²) in [7, 11) is 5.28. The molecule has 2 heterocycles. The van der Waals surface area contributed by atoms with E-state index in [4.69, 9.17) is 4.42 Å². The minimum Gasteiger partial charge on any atom is -0.443 e. The Morgan fingerprint density at radius 1 is 1.19 bits per heavy atom. The third-order valence-electron chi connectivity index (χ3n) is 3.64. The Balaban J connectivity index is 2.05. The molecule has 1 atom stereocenters. The molecule has 31 heavy (non-hydrogen) atoms. The average Bonchev–Trinajstić information content (AvgIpc) is 3.29. The zero-order valence-corrected chi connectivity index (χ0v) is 17.7. The van der Waals surface area contributed by atoms with Crippen LogP contribution in [0.1, 0.15) is 28.3 Å². The summed E-state index contributed by atoms with van der Waals surface area (Å²) in [6.45, 7) is 0.173. The maximum absolute atomic E-state index is 12.5. The number of ether oxygens (including phenoxy) is 1. The smallest absolute Gasteiger partial charge is 0.443 e. The maximum Gasteiger partial charge on any atom is 0.491 e. The molecule has 0 bridgehead atoms. The van der Waals surface area contributed by atoms with Gasteiger partial charge in [0, 0.05) is 10.9 Å². The minimum atomic E-state index is -5.29. The van der Waals surface area contributed by atoms with E-state index in [9.17, 15) is 27.6 Å². The van der Waals surface area contributed by atoms with Crippen molar-refractivity contribution in [2.45, 2.75) is 18.6 Å². The summed E-state index contributed by atoms with van der Waals surface area (Å²) in [5, 5.41) is 6.24. The second kappa shape index (κ2) is 9.80. The zero-order valence-electron chi connectivity index (χ0n) is 16.9. The number of alkyl halides is 3. The highest BCUT2D eigenvalue weighted by molar-refractivity contribution is 7.08. The summed E-state index contributed by atoms with van der Waals surface area (Å²) in [5.74, 6) is 1.11. The van der Waals surface area contributed by atoms with Gasteiger partial charge in [0.15, 0.2) is 11.5 Å². The molecule has 0 spiro atoms. The normalized spacial score (nSPS) is 12.5.